The van der Waals surface area contributed by atoms with Gasteiger partial charge in [-0.2, -0.15) is 0 Å². The Labute approximate surface area is 185 Å². The highest BCUT2D eigenvalue weighted by Crippen LogP contribution is 2.36. The van der Waals surface area contributed by atoms with E-state index in [2.05, 4.69) is 20.8 Å². The van der Waals surface area contributed by atoms with Gasteiger partial charge in [0.15, 0.2) is 5.78 Å². The highest BCUT2D eigenvalue weighted by atomic mass is 31.1. The number of aryl methyl sites for hydroxylation is 3. The van der Waals surface area contributed by atoms with Crippen LogP contribution in [0, 0.1) is 20.8 Å². The molecule has 5 nitrogen and oxygen atoms in total. The van der Waals surface area contributed by atoms with Crippen LogP contribution in [-0.2, 0) is 9.98 Å². The molecule has 0 aliphatic heterocycles. The number of methoxy groups -OCH3 is 2. The average Bonchev–Trinajstić information content (AvgIpc) is 2.69. The average molecular weight is 445 g/mol. The van der Waals surface area contributed by atoms with Crippen LogP contribution >= 0.6 is 7.80 Å². The smallest absolute Gasteiger partial charge is 0.219 e. The molecule has 0 heterocycles. The van der Waals surface area contributed by atoms with Crippen molar-refractivity contribution in [3.05, 3.63) is 57.6 Å². The van der Waals surface area contributed by atoms with E-state index in [0.29, 0.717) is 22.6 Å². The minimum atomic E-state index is -2.65. The molecule has 2 rings (SSSR count). The minimum absolute atomic E-state index is 0.0163. The molecule has 1 unspecified atom stereocenters. The van der Waals surface area contributed by atoms with Gasteiger partial charge in [-0.15, -0.1) is 0 Å². The summed E-state index contributed by atoms with van der Waals surface area (Å²) >= 11 is 0. The van der Waals surface area contributed by atoms with Gasteiger partial charge in [-0.05, 0) is 60.6 Å². The number of Topliss-reactive ketones (excluding diaryl/α,β-unsaturated/α-hetero) is 1. The van der Waals surface area contributed by atoms with E-state index in [0.717, 1.165) is 22.3 Å². The maximum atomic E-state index is 13.0. The molecule has 0 bridgehead atoms. The zero-order valence-corrected chi connectivity index (χ0v) is 20.8. The second kappa shape index (κ2) is 9.82. The number of ether oxygens (including phenoxy) is 2. The van der Waals surface area contributed by atoms with Gasteiger partial charge < -0.3 is 14.0 Å². The van der Waals surface area contributed by atoms with Gasteiger partial charge in [-0.25, -0.2) is 0 Å². The first-order valence-corrected chi connectivity index (χ1v) is 12.0. The zero-order chi connectivity index (χ0) is 23.5. The summed E-state index contributed by atoms with van der Waals surface area (Å²) in [5.74, 6) is 0.575. The van der Waals surface area contributed by atoms with E-state index in [-0.39, 0.29) is 29.3 Å². The number of carbonyl (C=O) groups excluding carboxylic acids is 2. The van der Waals surface area contributed by atoms with E-state index in [4.69, 9.17) is 9.47 Å². The normalized spacial score (nSPS) is 12.4. The molecule has 31 heavy (non-hydrogen) atoms. The van der Waals surface area contributed by atoms with E-state index in [1.807, 2.05) is 32.9 Å². The molecule has 0 amide bonds. The lowest BCUT2D eigenvalue weighted by atomic mass is 9.84. The van der Waals surface area contributed by atoms with Crippen molar-refractivity contribution < 1.29 is 23.6 Å². The van der Waals surface area contributed by atoms with Crippen molar-refractivity contribution in [2.24, 2.45) is 0 Å². The highest BCUT2D eigenvalue weighted by molar-refractivity contribution is 7.64. The molecule has 0 N–H and O–H groups in total. The van der Waals surface area contributed by atoms with Gasteiger partial charge >= 0.3 is 0 Å². The molecular weight excluding hydrogens is 411 g/mol. The van der Waals surface area contributed by atoms with Crippen molar-refractivity contribution >= 4 is 19.1 Å². The Kier molecular flexibility index (Phi) is 7.88. The second-order valence-electron chi connectivity index (χ2n) is 8.95. The number of carbonyl (C=O) groups is 2. The standard InChI is InChI=1S/C25H33O5P/c1-15-11-20(29-7)23(21(12-15)30-8)19(26)9-10-31(28)24(27)22-16(2)13-18(14-17(22)3)25(4,5)6/h11-14,31H,9-10H2,1-8H3. The highest BCUT2D eigenvalue weighted by Gasteiger charge is 2.24. The van der Waals surface area contributed by atoms with Gasteiger partial charge in [-0.1, -0.05) is 32.9 Å². The van der Waals surface area contributed by atoms with Gasteiger partial charge in [0, 0.05) is 18.1 Å². The van der Waals surface area contributed by atoms with Crippen molar-refractivity contribution in [3.8, 4) is 11.5 Å². The summed E-state index contributed by atoms with van der Waals surface area (Å²) in [4.78, 5) is 25.8. The van der Waals surface area contributed by atoms with Gasteiger partial charge in [0.1, 0.15) is 24.9 Å². The molecular formula is C25H33O5P. The maximum Gasteiger partial charge on any atom is 0.219 e. The van der Waals surface area contributed by atoms with Crippen molar-refractivity contribution in [1.29, 1.82) is 0 Å². The summed E-state index contributed by atoms with van der Waals surface area (Å²) < 4.78 is 23.5. The predicted octanol–water partition coefficient (Wildman–Crippen LogP) is 5.90. The van der Waals surface area contributed by atoms with Gasteiger partial charge in [0.2, 0.25) is 5.52 Å². The lowest BCUT2D eigenvalue weighted by Crippen LogP contribution is -2.14. The molecule has 168 valence electrons. The third-order valence-corrected chi connectivity index (χ3v) is 6.85. The van der Waals surface area contributed by atoms with Crippen LogP contribution in [0.1, 0.15) is 70.2 Å². The van der Waals surface area contributed by atoms with Crippen LogP contribution in [0.5, 0.6) is 11.5 Å². The lowest BCUT2D eigenvalue weighted by molar-refractivity contribution is 0.0983. The SMILES string of the molecule is COc1cc(C)cc(OC)c1C(=O)CC[PH](=O)C(=O)c1c(C)cc(C(C)(C)C)cc1C. The molecule has 0 fully saturated rings. The monoisotopic (exact) mass is 444 g/mol. The van der Waals surface area contributed by atoms with Crippen LogP contribution < -0.4 is 9.47 Å². The molecule has 2 aromatic rings. The Balaban J connectivity index is 2.23. The summed E-state index contributed by atoms with van der Waals surface area (Å²) in [5.41, 5.74) is 4.10. The summed E-state index contributed by atoms with van der Waals surface area (Å²) in [6.45, 7) is 12.0. The molecule has 0 saturated carbocycles. The van der Waals surface area contributed by atoms with Gasteiger partial charge in [0.25, 0.3) is 0 Å². The first-order valence-electron chi connectivity index (χ1n) is 10.4. The van der Waals surface area contributed by atoms with Crippen LogP contribution in [0.4, 0.5) is 0 Å². The van der Waals surface area contributed by atoms with E-state index >= 15 is 0 Å². The molecule has 0 aromatic heterocycles. The molecule has 0 radical (unpaired) electrons. The fraction of sp³-hybridized carbons (Fsp3) is 0.440. The van der Waals surface area contributed by atoms with Crippen LogP contribution in [0.15, 0.2) is 24.3 Å². The second-order valence-corrected chi connectivity index (χ2v) is 10.8. The molecule has 2 aromatic carbocycles. The molecule has 0 aliphatic carbocycles. The van der Waals surface area contributed by atoms with Gasteiger partial charge in [-0.3, -0.25) is 9.59 Å². The van der Waals surface area contributed by atoms with Crippen molar-refractivity contribution in [1.82, 2.24) is 0 Å². The number of hydrogen-bond donors (Lipinski definition) is 0. The number of benzene rings is 2. The Hall–Kier alpha value is -2.39. The first kappa shape index (κ1) is 24.9. The number of ketones is 1. The summed E-state index contributed by atoms with van der Waals surface area (Å²) in [7, 11) is 0.329. The molecule has 1 atom stereocenters. The van der Waals surface area contributed by atoms with Crippen LogP contribution in [-0.4, -0.2) is 31.7 Å². The Bertz CT molecular complexity index is 983. The van der Waals surface area contributed by atoms with E-state index < -0.39 is 7.80 Å². The van der Waals surface area contributed by atoms with E-state index in [1.165, 1.54) is 14.2 Å². The topological polar surface area (TPSA) is 69.7 Å². The van der Waals surface area contributed by atoms with E-state index in [1.54, 1.807) is 12.1 Å². The summed E-state index contributed by atoms with van der Waals surface area (Å²) in [6.07, 6.45) is -0.0000915. The van der Waals surface area contributed by atoms with Crippen molar-refractivity contribution in [3.63, 3.8) is 0 Å². The zero-order valence-electron chi connectivity index (χ0n) is 19.8. The minimum Gasteiger partial charge on any atom is -0.496 e. The fourth-order valence-electron chi connectivity index (χ4n) is 3.68. The third-order valence-electron chi connectivity index (χ3n) is 5.39. The maximum absolute atomic E-state index is 13.0. The number of rotatable bonds is 8. The Morgan fingerprint density at radius 1 is 0.871 bits per heavy atom. The van der Waals surface area contributed by atoms with Crippen LogP contribution in [0.25, 0.3) is 0 Å². The third kappa shape index (κ3) is 5.65. The van der Waals surface area contributed by atoms with Crippen LogP contribution in [0.3, 0.4) is 0 Å². The summed E-state index contributed by atoms with van der Waals surface area (Å²) in [6, 6.07) is 7.49. The fourth-order valence-corrected chi connectivity index (χ4v) is 5.03. The van der Waals surface area contributed by atoms with Crippen molar-refractivity contribution in [2.45, 2.75) is 53.4 Å². The molecule has 0 aliphatic rings. The Morgan fingerprint density at radius 2 is 1.35 bits per heavy atom. The van der Waals surface area contributed by atoms with E-state index in [9.17, 15) is 14.2 Å². The Morgan fingerprint density at radius 3 is 1.77 bits per heavy atom. The van der Waals surface area contributed by atoms with Gasteiger partial charge in [0.05, 0.1) is 14.2 Å². The number of hydrogen-bond acceptors (Lipinski definition) is 5. The quantitative estimate of drug-likeness (QED) is 0.375. The molecule has 0 spiro atoms. The van der Waals surface area contributed by atoms with Crippen LogP contribution in [0.2, 0.25) is 0 Å². The largest absolute Gasteiger partial charge is 0.496 e. The van der Waals surface area contributed by atoms with Crippen molar-refractivity contribution in [2.75, 3.05) is 20.4 Å². The lowest BCUT2D eigenvalue weighted by Gasteiger charge is -2.22. The summed E-state index contributed by atoms with van der Waals surface area (Å²) in [5, 5.41) is 0. The first-order chi connectivity index (χ1) is 14.4. The molecule has 0 saturated heterocycles. The predicted molar refractivity (Wildman–Crippen MR) is 126 cm³/mol. The molecule has 6 heteroatoms.